The SMILES string of the molecule is CN(C(=O)c1cccc(F)c1)C1(C(=O)O)CCCCC1. The van der Waals surface area contributed by atoms with E-state index in [1.54, 1.807) is 0 Å². The second-order valence-electron chi connectivity index (χ2n) is 5.27. The molecule has 20 heavy (non-hydrogen) atoms. The maximum absolute atomic E-state index is 13.2. The number of benzene rings is 1. The van der Waals surface area contributed by atoms with Crippen molar-refractivity contribution in [2.45, 2.75) is 37.6 Å². The van der Waals surface area contributed by atoms with E-state index in [1.165, 1.54) is 30.1 Å². The highest BCUT2D eigenvalue weighted by Crippen LogP contribution is 2.34. The number of carboxylic acids is 1. The first kappa shape index (κ1) is 14.5. The van der Waals surface area contributed by atoms with Crippen molar-refractivity contribution in [3.05, 3.63) is 35.6 Å². The van der Waals surface area contributed by atoms with Crippen LogP contribution >= 0.6 is 0 Å². The van der Waals surface area contributed by atoms with Crippen molar-refractivity contribution in [3.8, 4) is 0 Å². The van der Waals surface area contributed by atoms with Gasteiger partial charge in [-0.25, -0.2) is 9.18 Å². The maximum atomic E-state index is 13.2. The number of nitrogens with zero attached hydrogens (tertiary/aromatic N) is 1. The lowest BCUT2D eigenvalue weighted by molar-refractivity contribution is -0.151. The van der Waals surface area contributed by atoms with E-state index in [0.29, 0.717) is 12.8 Å². The highest BCUT2D eigenvalue weighted by atomic mass is 19.1. The average molecular weight is 279 g/mol. The smallest absolute Gasteiger partial charge is 0.329 e. The molecule has 0 aromatic heterocycles. The molecule has 1 N–H and O–H groups in total. The highest BCUT2D eigenvalue weighted by molar-refractivity contribution is 5.97. The largest absolute Gasteiger partial charge is 0.479 e. The van der Waals surface area contributed by atoms with Crippen LogP contribution in [0.5, 0.6) is 0 Å². The Balaban J connectivity index is 2.30. The number of carbonyl (C=O) groups is 2. The molecule has 0 unspecified atom stereocenters. The third-order valence-electron chi connectivity index (χ3n) is 4.10. The molecule has 4 nitrogen and oxygen atoms in total. The van der Waals surface area contributed by atoms with Gasteiger partial charge in [0.15, 0.2) is 0 Å². The number of hydrogen-bond donors (Lipinski definition) is 1. The highest BCUT2D eigenvalue weighted by Gasteiger charge is 2.45. The first-order valence-corrected chi connectivity index (χ1v) is 6.74. The van der Waals surface area contributed by atoms with Gasteiger partial charge in [0.2, 0.25) is 0 Å². The van der Waals surface area contributed by atoms with E-state index >= 15 is 0 Å². The van der Waals surface area contributed by atoms with Gasteiger partial charge in [-0.15, -0.1) is 0 Å². The number of carbonyl (C=O) groups excluding carboxylic acids is 1. The number of carboxylic acid groups (broad SMARTS) is 1. The summed E-state index contributed by atoms with van der Waals surface area (Å²) >= 11 is 0. The van der Waals surface area contributed by atoms with E-state index in [0.717, 1.165) is 25.3 Å². The minimum absolute atomic E-state index is 0.179. The average Bonchev–Trinajstić information content (AvgIpc) is 2.46. The summed E-state index contributed by atoms with van der Waals surface area (Å²) < 4.78 is 13.2. The van der Waals surface area contributed by atoms with Gasteiger partial charge in [-0.1, -0.05) is 25.3 Å². The zero-order chi connectivity index (χ0) is 14.8. The number of hydrogen-bond acceptors (Lipinski definition) is 2. The predicted octanol–water partition coefficient (Wildman–Crippen LogP) is 2.69. The summed E-state index contributed by atoms with van der Waals surface area (Å²) in [7, 11) is 1.49. The van der Waals surface area contributed by atoms with Crippen molar-refractivity contribution in [2.75, 3.05) is 7.05 Å². The summed E-state index contributed by atoms with van der Waals surface area (Å²) in [5.74, 6) is -1.93. The summed E-state index contributed by atoms with van der Waals surface area (Å²) in [6.45, 7) is 0. The van der Waals surface area contributed by atoms with E-state index in [4.69, 9.17) is 0 Å². The molecule has 5 heteroatoms. The van der Waals surface area contributed by atoms with Gasteiger partial charge in [-0.3, -0.25) is 4.79 Å². The second-order valence-corrected chi connectivity index (χ2v) is 5.27. The third-order valence-corrected chi connectivity index (χ3v) is 4.10. The predicted molar refractivity (Wildman–Crippen MR) is 71.9 cm³/mol. The molecule has 1 aromatic carbocycles. The molecular formula is C15H18FNO3. The van der Waals surface area contributed by atoms with E-state index in [1.807, 2.05) is 0 Å². The van der Waals surface area contributed by atoms with Crippen LogP contribution in [-0.2, 0) is 4.79 Å². The number of halogens is 1. The van der Waals surface area contributed by atoms with Crippen LogP contribution in [0.15, 0.2) is 24.3 Å². The van der Waals surface area contributed by atoms with Gasteiger partial charge in [0.1, 0.15) is 11.4 Å². The van der Waals surface area contributed by atoms with Crippen LogP contribution in [0.3, 0.4) is 0 Å². The van der Waals surface area contributed by atoms with Gasteiger partial charge < -0.3 is 10.0 Å². The van der Waals surface area contributed by atoms with Gasteiger partial charge in [0.05, 0.1) is 0 Å². The Morgan fingerprint density at radius 1 is 1.25 bits per heavy atom. The molecule has 1 aromatic rings. The topological polar surface area (TPSA) is 57.6 Å². The van der Waals surface area contributed by atoms with E-state index in [-0.39, 0.29) is 5.56 Å². The van der Waals surface area contributed by atoms with Gasteiger partial charge >= 0.3 is 5.97 Å². The Kier molecular flexibility index (Phi) is 4.06. The van der Waals surface area contributed by atoms with Crippen molar-refractivity contribution < 1.29 is 19.1 Å². The molecule has 1 saturated carbocycles. The Labute approximate surface area is 117 Å². The van der Waals surface area contributed by atoms with Crippen molar-refractivity contribution in [3.63, 3.8) is 0 Å². The summed E-state index contributed by atoms with van der Waals surface area (Å²) in [6.07, 6.45) is 3.44. The van der Waals surface area contributed by atoms with Crippen LogP contribution in [0, 0.1) is 5.82 Å². The molecular weight excluding hydrogens is 261 g/mol. The lowest BCUT2D eigenvalue weighted by atomic mass is 9.80. The Morgan fingerprint density at radius 2 is 1.90 bits per heavy atom. The van der Waals surface area contributed by atoms with Crippen molar-refractivity contribution in [1.82, 2.24) is 4.90 Å². The van der Waals surface area contributed by atoms with Crippen LogP contribution in [0.1, 0.15) is 42.5 Å². The Hall–Kier alpha value is -1.91. The van der Waals surface area contributed by atoms with E-state index in [2.05, 4.69) is 0 Å². The first-order valence-electron chi connectivity index (χ1n) is 6.74. The summed E-state index contributed by atoms with van der Waals surface area (Å²) in [5.41, 5.74) is -0.986. The molecule has 1 fully saturated rings. The fourth-order valence-corrected chi connectivity index (χ4v) is 2.84. The molecule has 108 valence electrons. The number of rotatable bonds is 3. The van der Waals surface area contributed by atoms with Crippen LogP contribution in [0.2, 0.25) is 0 Å². The molecule has 1 aliphatic rings. The van der Waals surface area contributed by atoms with Crippen molar-refractivity contribution >= 4 is 11.9 Å². The summed E-state index contributed by atoms with van der Waals surface area (Å²) in [4.78, 5) is 25.3. The Morgan fingerprint density at radius 3 is 2.45 bits per heavy atom. The molecule has 1 amide bonds. The third kappa shape index (κ3) is 2.53. The fourth-order valence-electron chi connectivity index (χ4n) is 2.84. The number of aliphatic carboxylic acids is 1. The Bertz CT molecular complexity index is 524. The van der Waals surface area contributed by atoms with Gasteiger partial charge in [0.25, 0.3) is 5.91 Å². The van der Waals surface area contributed by atoms with E-state index in [9.17, 15) is 19.1 Å². The second kappa shape index (κ2) is 5.61. The first-order chi connectivity index (χ1) is 9.47. The van der Waals surface area contributed by atoms with Gasteiger partial charge in [-0.2, -0.15) is 0 Å². The van der Waals surface area contributed by atoms with Crippen molar-refractivity contribution in [1.29, 1.82) is 0 Å². The van der Waals surface area contributed by atoms with Crippen LogP contribution in [-0.4, -0.2) is 34.5 Å². The number of likely N-dealkylation sites (N-methyl/N-ethyl adjacent to an activating group) is 1. The fraction of sp³-hybridized carbons (Fsp3) is 0.467. The van der Waals surface area contributed by atoms with Gasteiger partial charge in [-0.05, 0) is 31.0 Å². The number of amides is 1. The minimum Gasteiger partial charge on any atom is -0.479 e. The van der Waals surface area contributed by atoms with Crippen molar-refractivity contribution in [2.24, 2.45) is 0 Å². The van der Waals surface area contributed by atoms with Crippen LogP contribution in [0.25, 0.3) is 0 Å². The molecule has 2 rings (SSSR count). The molecule has 0 aliphatic heterocycles. The molecule has 0 atom stereocenters. The lowest BCUT2D eigenvalue weighted by Gasteiger charge is -2.41. The molecule has 0 spiro atoms. The monoisotopic (exact) mass is 279 g/mol. The van der Waals surface area contributed by atoms with Gasteiger partial charge in [0, 0.05) is 12.6 Å². The molecule has 0 bridgehead atoms. The maximum Gasteiger partial charge on any atom is 0.329 e. The molecule has 0 heterocycles. The quantitative estimate of drug-likeness (QED) is 0.925. The van der Waals surface area contributed by atoms with Crippen LogP contribution < -0.4 is 0 Å². The normalized spacial score (nSPS) is 17.5. The van der Waals surface area contributed by atoms with E-state index < -0.39 is 23.2 Å². The molecule has 0 radical (unpaired) electrons. The minimum atomic E-state index is -1.17. The zero-order valence-corrected chi connectivity index (χ0v) is 11.4. The zero-order valence-electron chi connectivity index (χ0n) is 11.4. The summed E-state index contributed by atoms with van der Waals surface area (Å²) in [5, 5.41) is 9.54. The standard InChI is InChI=1S/C15H18FNO3/c1-17(13(18)11-6-5-7-12(16)10-11)15(14(19)20)8-3-2-4-9-15/h5-7,10H,2-4,8-9H2,1H3,(H,19,20). The molecule has 1 aliphatic carbocycles. The van der Waals surface area contributed by atoms with Crippen LogP contribution in [0.4, 0.5) is 4.39 Å². The summed E-state index contributed by atoms with van der Waals surface area (Å²) in [6, 6.07) is 5.34. The lowest BCUT2D eigenvalue weighted by Crippen LogP contribution is -2.56. The molecule has 0 saturated heterocycles.